The lowest BCUT2D eigenvalue weighted by atomic mass is 10.2. The smallest absolute Gasteiger partial charge is 0.243 e. The van der Waals surface area contributed by atoms with Gasteiger partial charge in [-0.3, -0.25) is 9.52 Å². The zero-order chi connectivity index (χ0) is 17.7. The summed E-state index contributed by atoms with van der Waals surface area (Å²) in [5, 5.41) is 12.5. The molecule has 0 unspecified atom stereocenters. The Morgan fingerprint density at radius 3 is 2.60 bits per heavy atom. The molecule has 2 aromatic rings. The Morgan fingerprint density at radius 1 is 1.32 bits per heavy atom. The van der Waals surface area contributed by atoms with Gasteiger partial charge in [-0.05, 0) is 12.1 Å². The molecular weight excluding hydrogens is 368 g/mol. The number of carbonyl (C=O) groups excluding carboxylic acids is 1. The molecule has 0 saturated carbocycles. The van der Waals surface area contributed by atoms with Crippen molar-refractivity contribution in [2.75, 3.05) is 15.8 Å². The maximum Gasteiger partial charge on any atom is 0.243 e. The summed E-state index contributed by atoms with van der Waals surface area (Å²) < 4.78 is 30.4. The Balaban J connectivity index is 0.00000312. The molecule has 8 nitrogen and oxygen atoms in total. The highest BCUT2D eigenvalue weighted by Gasteiger charge is 2.16. The zero-order valence-electron chi connectivity index (χ0n) is 13.9. The molecule has 0 atom stereocenters. The molecule has 0 saturated heterocycles. The molecule has 1 aromatic heterocycles. The third-order valence-corrected chi connectivity index (χ3v) is 4.62. The van der Waals surface area contributed by atoms with Gasteiger partial charge >= 0.3 is 0 Å². The van der Waals surface area contributed by atoms with E-state index in [2.05, 4.69) is 10.0 Å². The van der Waals surface area contributed by atoms with Crippen molar-refractivity contribution in [3.8, 4) is 5.75 Å². The maximum absolute atomic E-state index is 12.2. The molecule has 3 N–H and O–H groups in total. The summed E-state index contributed by atoms with van der Waals surface area (Å²) in [5.74, 6) is -0.752. The third-order valence-electron chi connectivity index (χ3n) is 3.27. The van der Waals surface area contributed by atoms with Crippen molar-refractivity contribution >= 4 is 27.3 Å². The summed E-state index contributed by atoms with van der Waals surface area (Å²) in [7, 11) is -1.72. The first kappa shape index (κ1) is 20.8. The van der Waals surface area contributed by atoms with Crippen LogP contribution in [0.3, 0.4) is 0 Å². The predicted octanol–water partition coefficient (Wildman–Crippen LogP) is -2.19. The number of imidazole rings is 1. The van der Waals surface area contributed by atoms with Gasteiger partial charge in [0.1, 0.15) is 12.4 Å². The van der Waals surface area contributed by atoms with Gasteiger partial charge in [-0.2, -0.15) is 0 Å². The van der Waals surface area contributed by atoms with E-state index < -0.39 is 10.0 Å². The highest BCUT2D eigenvalue weighted by Crippen LogP contribution is 2.32. The average molecular weight is 389 g/mol. The van der Waals surface area contributed by atoms with Gasteiger partial charge in [0, 0.05) is 13.3 Å². The molecule has 0 bridgehead atoms. The van der Waals surface area contributed by atoms with Crippen LogP contribution < -0.4 is 27.0 Å². The number of aromatic hydroxyl groups is 1. The van der Waals surface area contributed by atoms with E-state index in [1.165, 1.54) is 19.1 Å². The SMILES string of the molecule is CC(=O)Nc1cccc(NS(=O)(=O)CCCn2cc[n+](C)c2)c1O.[Cl-]. The van der Waals surface area contributed by atoms with E-state index in [9.17, 15) is 18.3 Å². The monoisotopic (exact) mass is 388 g/mol. The lowest BCUT2D eigenvalue weighted by Gasteiger charge is -2.12. The van der Waals surface area contributed by atoms with Crippen LogP contribution in [-0.4, -0.2) is 29.8 Å². The number of nitrogens with one attached hydrogen (secondary N) is 2. The number of amides is 1. The lowest BCUT2D eigenvalue weighted by Crippen LogP contribution is -3.00. The standard InChI is InChI=1S/C15H20N4O4S.ClH/c1-12(20)16-13-5-3-6-14(15(13)21)17-24(22,23)10-4-7-19-9-8-18(2)11-19;/h3,5-6,8-9,11,17H,4,7,10H2,1-2H3,(H-,16,20,21);1H. The third kappa shape index (κ3) is 6.28. The second kappa shape index (κ2) is 8.72. The minimum absolute atomic E-state index is 0. The molecule has 138 valence electrons. The first-order chi connectivity index (χ1) is 11.3. The first-order valence-electron chi connectivity index (χ1n) is 7.38. The summed E-state index contributed by atoms with van der Waals surface area (Å²) in [4.78, 5) is 11.1. The Morgan fingerprint density at radius 2 is 2.00 bits per heavy atom. The molecule has 2 rings (SSSR count). The van der Waals surface area contributed by atoms with Crippen molar-refractivity contribution in [3.05, 3.63) is 36.9 Å². The number of para-hydroxylation sites is 1. The number of phenolic OH excluding ortho intramolecular Hbond substituents is 1. The van der Waals surface area contributed by atoms with Gasteiger partial charge in [-0.25, -0.2) is 17.6 Å². The van der Waals surface area contributed by atoms with Crippen LogP contribution >= 0.6 is 0 Å². The summed E-state index contributed by atoms with van der Waals surface area (Å²) in [6, 6.07) is 4.47. The number of rotatable bonds is 7. The van der Waals surface area contributed by atoms with Crippen molar-refractivity contribution in [2.45, 2.75) is 19.9 Å². The second-order valence-corrected chi connectivity index (χ2v) is 7.32. The van der Waals surface area contributed by atoms with E-state index in [0.717, 1.165) is 0 Å². The van der Waals surface area contributed by atoms with Crippen molar-refractivity contribution in [3.63, 3.8) is 0 Å². The van der Waals surface area contributed by atoms with Crippen LogP contribution in [0.2, 0.25) is 0 Å². The molecule has 0 fully saturated rings. The Hall–Kier alpha value is -2.26. The zero-order valence-corrected chi connectivity index (χ0v) is 15.5. The number of carbonyl (C=O) groups is 1. The maximum atomic E-state index is 12.2. The topological polar surface area (TPSA) is 104 Å². The summed E-state index contributed by atoms with van der Waals surface area (Å²) in [6.07, 6.45) is 6.03. The number of phenols is 1. The molecular formula is C15H21ClN4O4S. The van der Waals surface area contributed by atoms with E-state index >= 15 is 0 Å². The van der Waals surface area contributed by atoms with Crippen LogP contribution in [0.4, 0.5) is 11.4 Å². The van der Waals surface area contributed by atoms with Crippen LogP contribution in [-0.2, 0) is 28.4 Å². The number of aryl methyl sites for hydroxylation is 2. The minimum atomic E-state index is -3.61. The number of hydrogen-bond acceptors (Lipinski definition) is 4. The highest BCUT2D eigenvalue weighted by molar-refractivity contribution is 7.92. The fourth-order valence-electron chi connectivity index (χ4n) is 2.21. The first-order valence-corrected chi connectivity index (χ1v) is 9.03. The van der Waals surface area contributed by atoms with E-state index in [-0.39, 0.29) is 41.2 Å². The van der Waals surface area contributed by atoms with Crippen LogP contribution in [0.15, 0.2) is 36.9 Å². The summed E-state index contributed by atoms with van der Waals surface area (Å²) in [5.41, 5.74) is 0.191. The Bertz CT molecular complexity index is 836. The molecule has 25 heavy (non-hydrogen) atoms. The molecule has 1 amide bonds. The fourth-order valence-corrected chi connectivity index (χ4v) is 3.32. The lowest BCUT2D eigenvalue weighted by molar-refractivity contribution is -0.671. The normalized spacial score (nSPS) is 10.8. The molecule has 0 aliphatic rings. The highest BCUT2D eigenvalue weighted by atomic mass is 35.5. The molecule has 10 heteroatoms. The number of sulfonamides is 1. The quantitative estimate of drug-likeness (QED) is 0.370. The van der Waals surface area contributed by atoms with Gasteiger partial charge in [0.25, 0.3) is 0 Å². The number of hydrogen-bond donors (Lipinski definition) is 3. The van der Waals surface area contributed by atoms with E-state index in [1.807, 2.05) is 34.9 Å². The summed E-state index contributed by atoms with van der Waals surface area (Å²) in [6.45, 7) is 1.87. The van der Waals surface area contributed by atoms with Gasteiger partial charge < -0.3 is 22.8 Å². The molecule has 0 aliphatic carbocycles. The van der Waals surface area contributed by atoms with Crippen LogP contribution in [0.25, 0.3) is 0 Å². The van der Waals surface area contributed by atoms with E-state index in [4.69, 9.17) is 0 Å². The number of halogens is 1. The van der Waals surface area contributed by atoms with Gasteiger partial charge in [0.15, 0.2) is 5.75 Å². The van der Waals surface area contributed by atoms with Crippen LogP contribution in [0.5, 0.6) is 5.75 Å². The van der Waals surface area contributed by atoms with Gasteiger partial charge in [0.05, 0.1) is 30.7 Å². The fraction of sp³-hybridized carbons (Fsp3) is 0.333. The van der Waals surface area contributed by atoms with Crippen molar-refractivity contribution < 1.29 is 35.3 Å². The van der Waals surface area contributed by atoms with E-state index in [1.54, 1.807) is 6.07 Å². The molecule has 0 radical (unpaired) electrons. The van der Waals surface area contributed by atoms with Gasteiger partial charge in [-0.15, -0.1) is 0 Å². The number of nitrogens with zero attached hydrogens (tertiary/aromatic N) is 2. The van der Waals surface area contributed by atoms with E-state index in [0.29, 0.717) is 13.0 Å². The molecule has 0 spiro atoms. The predicted molar refractivity (Wildman–Crippen MR) is 90.0 cm³/mol. The number of aromatic nitrogens is 2. The molecule has 0 aliphatic heterocycles. The average Bonchev–Trinajstić information content (AvgIpc) is 2.88. The second-order valence-electron chi connectivity index (χ2n) is 5.47. The van der Waals surface area contributed by atoms with Crippen LogP contribution in [0.1, 0.15) is 13.3 Å². The Labute approximate surface area is 152 Å². The minimum Gasteiger partial charge on any atom is -1.00 e. The molecule has 1 aromatic carbocycles. The van der Waals surface area contributed by atoms with Gasteiger partial charge in [0.2, 0.25) is 22.3 Å². The summed E-state index contributed by atoms with van der Waals surface area (Å²) >= 11 is 0. The molecule has 1 heterocycles. The number of benzene rings is 1. The Kier molecular flexibility index (Phi) is 7.25. The van der Waals surface area contributed by atoms with Crippen LogP contribution in [0, 0.1) is 0 Å². The van der Waals surface area contributed by atoms with Gasteiger partial charge in [-0.1, -0.05) is 6.07 Å². The number of anilines is 2. The van der Waals surface area contributed by atoms with Crippen molar-refractivity contribution in [2.24, 2.45) is 7.05 Å². The van der Waals surface area contributed by atoms with Crippen molar-refractivity contribution in [1.82, 2.24) is 4.57 Å². The van der Waals surface area contributed by atoms with Crippen molar-refractivity contribution in [1.29, 1.82) is 0 Å². The largest absolute Gasteiger partial charge is 1.00 e.